The Balaban J connectivity index is 1.78. The highest BCUT2D eigenvalue weighted by molar-refractivity contribution is 5.86. The summed E-state index contributed by atoms with van der Waals surface area (Å²) in [4.78, 5) is 0. The molecule has 0 bridgehead atoms. The van der Waals surface area contributed by atoms with E-state index in [0.29, 0.717) is 0 Å². The summed E-state index contributed by atoms with van der Waals surface area (Å²) in [6.45, 7) is 4.59. The van der Waals surface area contributed by atoms with Gasteiger partial charge in [0.15, 0.2) is 0 Å². The summed E-state index contributed by atoms with van der Waals surface area (Å²) in [5.74, 6) is 0. The number of anilines is 1. The smallest absolute Gasteiger partial charge is 0.131 e. The Kier molecular flexibility index (Phi) is 6.61. The molecule has 0 saturated heterocycles. The Labute approximate surface area is 181 Å². The molecule has 0 aromatic heterocycles. The van der Waals surface area contributed by atoms with Crippen LogP contribution in [-0.2, 0) is 5.41 Å². The largest absolute Gasteiger partial charge is 0.266 e. The predicted octanol–water partition coefficient (Wildman–Crippen LogP) is 6.67. The first-order valence-corrected chi connectivity index (χ1v) is 11.9. The molecule has 1 aliphatic heterocycles. The molecule has 0 amide bonds. The maximum Gasteiger partial charge on any atom is 0.131 e. The number of hydrazone groups is 1. The van der Waals surface area contributed by atoms with Crippen molar-refractivity contribution in [3.8, 4) is 11.1 Å². The summed E-state index contributed by atoms with van der Waals surface area (Å²) in [6, 6.07) is 15.8. The van der Waals surface area contributed by atoms with E-state index in [1.54, 1.807) is 6.34 Å². The molecule has 0 spiro atoms. The third-order valence-corrected chi connectivity index (χ3v) is 6.82. The Morgan fingerprint density at radius 3 is 2.17 bits per heavy atom. The average Bonchev–Trinajstić information content (AvgIpc) is 3.41. The fraction of sp³-hybridized carbons (Fsp3) is 0.500. The topological polar surface area (TPSA) is 39.7 Å². The van der Waals surface area contributed by atoms with Gasteiger partial charge in [-0.1, -0.05) is 102 Å². The molecule has 30 heavy (non-hydrogen) atoms. The quantitative estimate of drug-likeness (QED) is 0.411. The molecular weight excluding hydrogens is 368 g/mol. The van der Waals surface area contributed by atoms with Crippen LogP contribution in [0.1, 0.15) is 89.2 Å². The van der Waals surface area contributed by atoms with Crippen LogP contribution in [0.2, 0.25) is 0 Å². The van der Waals surface area contributed by atoms with E-state index in [1.807, 2.05) is 5.12 Å². The lowest BCUT2D eigenvalue weighted by Gasteiger charge is -2.35. The molecule has 4 nitrogen and oxygen atoms in total. The van der Waals surface area contributed by atoms with Gasteiger partial charge in [-0.2, -0.15) is 10.7 Å². The van der Waals surface area contributed by atoms with E-state index >= 15 is 0 Å². The molecule has 2 aliphatic rings. The molecule has 2 N–H and O–H groups in total. The first-order valence-electron chi connectivity index (χ1n) is 11.9. The minimum atomic E-state index is 0.0793. The van der Waals surface area contributed by atoms with Crippen molar-refractivity contribution in [2.75, 3.05) is 5.12 Å². The zero-order chi connectivity index (χ0) is 20.8. The molecular formula is C26H36N4. The number of hydrazine groups is 2. The second-order valence-electron chi connectivity index (χ2n) is 8.77. The van der Waals surface area contributed by atoms with E-state index in [9.17, 15) is 0 Å². The van der Waals surface area contributed by atoms with Crippen LogP contribution >= 0.6 is 0 Å². The zero-order valence-electron chi connectivity index (χ0n) is 18.6. The summed E-state index contributed by atoms with van der Waals surface area (Å²) in [5, 5.41) is 6.15. The van der Waals surface area contributed by atoms with E-state index in [0.717, 1.165) is 0 Å². The minimum absolute atomic E-state index is 0.0793. The van der Waals surface area contributed by atoms with E-state index in [-0.39, 0.29) is 5.41 Å². The van der Waals surface area contributed by atoms with Gasteiger partial charge in [0.2, 0.25) is 0 Å². The van der Waals surface area contributed by atoms with Crippen LogP contribution in [0.15, 0.2) is 47.6 Å². The number of hydrogen-bond donors (Lipinski definition) is 2. The van der Waals surface area contributed by atoms with Crippen LogP contribution in [-0.4, -0.2) is 6.34 Å². The third kappa shape index (κ3) is 3.80. The maximum atomic E-state index is 4.18. The standard InChI is InChI=1S/C26H36N4/c1-3-5-7-11-18-26(19-12-8-6-4-2)23-16-10-9-14-21(23)22-15-13-17-24(25(22)26)30-28-20-27-29-30/h9-10,13-17,20,29H,3-8,11-12,18-19H2,1-2H3,(H,27,28). The first-order chi connectivity index (χ1) is 14.8. The van der Waals surface area contributed by atoms with Crippen molar-refractivity contribution in [2.45, 2.75) is 83.5 Å². The van der Waals surface area contributed by atoms with Crippen molar-refractivity contribution >= 4 is 12.0 Å². The molecule has 0 fully saturated rings. The SMILES string of the molecule is CCCCCCC1(CCCCCC)c2ccccc2-c2cccc(N3NC=NN3)c21. The average molecular weight is 405 g/mol. The number of nitrogens with zero attached hydrogens (tertiary/aromatic N) is 2. The van der Waals surface area contributed by atoms with Crippen molar-refractivity contribution in [3.63, 3.8) is 0 Å². The summed E-state index contributed by atoms with van der Waals surface area (Å²) >= 11 is 0. The fourth-order valence-electron chi connectivity index (χ4n) is 5.40. The minimum Gasteiger partial charge on any atom is -0.266 e. The summed E-state index contributed by atoms with van der Waals surface area (Å²) in [7, 11) is 0. The van der Waals surface area contributed by atoms with Crippen LogP contribution < -0.4 is 16.1 Å². The van der Waals surface area contributed by atoms with Crippen LogP contribution in [0.25, 0.3) is 11.1 Å². The molecule has 4 rings (SSSR count). The monoisotopic (exact) mass is 404 g/mol. The van der Waals surface area contributed by atoms with Gasteiger partial charge in [-0.05, 0) is 41.2 Å². The van der Waals surface area contributed by atoms with Crippen molar-refractivity contribution < 1.29 is 0 Å². The molecule has 160 valence electrons. The second kappa shape index (κ2) is 9.55. The van der Waals surface area contributed by atoms with Gasteiger partial charge >= 0.3 is 0 Å². The van der Waals surface area contributed by atoms with Crippen LogP contribution in [0, 0.1) is 0 Å². The lowest BCUT2D eigenvalue weighted by molar-refractivity contribution is 0.400. The van der Waals surface area contributed by atoms with Gasteiger partial charge in [0.05, 0.1) is 5.69 Å². The lowest BCUT2D eigenvalue weighted by Crippen LogP contribution is -2.41. The second-order valence-corrected chi connectivity index (χ2v) is 8.77. The third-order valence-electron chi connectivity index (χ3n) is 6.82. The molecule has 1 heterocycles. The first kappa shape index (κ1) is 20.8. The van der Waals surface area contributed by atoms with Gasteiger partial charge in [-0.15, -0.1) is 5.10 Å². The lowest BCUT2D eigenvalue weighted by atomic mass is 9.70. The maximum absolute atomic E-state index is 4.18. The predicted molar refractivity (Wildman–Crippen MR) is 127 cm³/mol. The summed E-state index contributed by atoms with van der Waals surface area (Å²) in [6.07, 6.45) is 14.5. The molecule has 0 saturated carbocycles. The molecule has 0 radical (unpaired) electrons. The molecule has 2 aromatic carbocycles. The Bertz CT molecular complexity index is 853. The van der Waals surface area contributed by atoms with E-state index in [2.05, 4.69) is 72.4 Å². The van der Waals surface area contributed by atoms with Gasteiger partial charge in [-0.25, -0.2) is 0 Å². The molecule has 0 unspecified atom stereocenters. The molecule has 1 aliphatic carbocycles. The Morgan fingerprint density at radius 1 is 0.800 bits per heavy atom. The molecule has 4 heteroatoms. The van der Waals surface area contributed by atoms with Crippen molar-refractivity contribution in [1.82, 2.24) is 11.0 Å². The zero-order valence-corrected chi connectivity index (χ0v) is 18.6. The van der Waals surface area contributed by atoms with Crippen LogP contribution in [0.4, 0.5) is 5.69 Å². The normalized spacial score (nSPS) is 15.6. The molecule has 0 atom stereocenters. The summed E-state index contributed by atoms with van der Waals surface area (Å²) in [5.41, 5.74) is 13.5. The van der Waals surface area contributed by atoms with Gasteiger partial charge < -0.3 is 0 Å². The number of benzene rings is 2. The van der Waals surface area contributed by atoms with E-state index in [4.69, 9.17) is 0 Å². The van der Waals surface area contributed by atoms with E-state index in [1.165, 1.54) is 92.1 Å². The number of rotatable bonds is 11. The van der Waals surface area contributed by atoms with Crippen LogP contribution in [0.3, 0.4) is 0 Å². The number of fused-ring (bicyclic) bond motifs is 3. The van der Waals surface area contributed by atoms with Crippen molar-refractivity contribution in [3.05, 3.63) is 53.6 Å². The number of hydrogen-bond acceptors (Lipinski definition) is 4. The highest BCUT2D eigenvalue weighted by atomic mass is 15.9. The van der Waals surface area contributed by atoms with Gasteiger partial charge in [0.25, 0.3) is 0 Å². The molecule has 2 aromatic rings. The van der Waals surface area contributed by atoms with Crippen molar-refractivity contribution in [2.24, 2.45) is 5.10 Å². The van der Waals surface area contributed by atoms with Gasteiger partial charge in [0, 0.05) is 5.41 Å². The number of unbranched alkanes of at least 4 members (excludes halogenated alkanes) is 6. The van der Waals surface area contributed by atoms with Crippen LogP contribution in [0.5, 0.6) is 0 Å². The fourth-order valence-corrected chi connectivity index (χ4v) is 5.40. The Hall–Kier alpha value is -2.49. The van der Waals surface area contributed by atoms with E-state index < -0.39 is 0 Å². The van der Waals surface area contributed by atoms with Crippen molar-refractivity contribution in [1.29, 1.82) is 0 Å². The van der Waals surface area contributed by atoms with Gasteiger partial charge in [0.1, 0.15) is 6.34 Å². The summed E-state index contributed by atoms with van der Waals surface area (Å²) < 4.78 is 0. The highest BCUT2D eigenvalue weighted by Gasteiger charge is 2.44. The highest BCUT2D eigenvalue weighted by Crippen LogP contribution is 2.56. The Morgan fingerprint density at radius 2 is 1.50 bits per heavy atom. The van der Waals surface area contributed by atoms with Gasteiger partial charge in [-0.3, -0.25) is 5.43 Å². The number of nitrogens with one attached hydrogen (secondary N) is 2.